The maximum absolute atomic E-state index is 12.0. The molecule has 2 rings (SSSR count). The van der Waals surface area contributed by atoms with E-state index in [0.717, 1.165) is 5.69 Å². The molecule has 1 aromatic rings. The summed E-state index contributed by atoms with van der Waals surface area (Å²) in [6.45, 7) is 4.37. The van der Waals surface area contributed by atoms with Crippen LogP contribution in [0.3, 0.4) is 0 Å². The fourth-order valence-electron chi connectivity index (χ4n) is 2.22. The van der Waals surface area contributed by atoms with Crippen molar-refractivity contribution in [2.45, 2.75) is 6.42 Å². The first kappa shape index (κ1) is 14.3. The molecule has 0 radical (unpaired) electrons. The number of amides is 2. The van der Waals surface area contributed by atoms with Crippen molar-refractivity contribution in [2.24, 2.45) is 5.92 Å². The molecule has 0 aromatic heterocycles. The van der Waals surface area contributed by atoms with Crippen LogP contribution in [0.25, 0.3) is 0 Å². The maximum Gasteiger partial charge on any atom is 0.250 e. The molecule has 0 bridgehead atoms. The summed E-state index contributed by atoms with van der Waals surface area (Å²) in [6, 6.07) is 7.24. The van der Waals surface area contributed by atoms with Gasteiger partial charge in [0.15, 0.2) is 0 Å². The van der Waals surface area contributed by atoms with Gasteiger partial charge in [0, 0.05) is 37.4 Å². The van der Waals surface area contributed by atoms with E-state index in [1.807, 2.05) is 18.2 Å². The van der Waals surface area contributed by atoms with E-state index in [1.165, 1.54) is 7.11 Å². The lowest BCUT2D eigenvalue weighted by Crippen LogP contribution is -2.24. The lowest BCUT2D eigenvalue weighted by atomic mass is 10.1. The third-order valence-electron chi connectivity index (χ3n) is 3.21. The van der Waals surface area contributed by atoms with Gasteiger partial charge in [-0.05, 0) is 18.2 Å². The molecule has 1 aliphatic heterocycles. The number of carbonyl (C=O) groups is 2. The minimum atomic E-state index is -0.221. The molecule has 1 saturated heterocycles. The van der Waals surface area contributed by atoms with Gasteiger partial charge in [0.05, 0.1) is 0 Å². The second kappa shape index (κ2) is 6.34. The van der Waals surface area contributed by atoms with Gasteiger partial charge in [0.2, 0.25) is 11.8 Å². The number of anilines is 2. The van der Waals surface area contributed by atoms with E-state index < -0.39 is 0 Å². The van der Waals surface area contributed by atoms with E-state index in [2.05, 4.69) is 11.9 Å². The first-order valence-electron chi connectivity index (χ1n) is 6.46. The molecule has 1 atom stereocenters. The molecular formula is C15H18N2O3. The molecule has 5 nitrogen and oxygen atoms in total. The Balaban J connectivity index is 2.11. The predicted molar refractivity (Wildman–Crippen MR) is 77.6 cm³/mol. The Morgan fingerprint density at radius 3 is 3.05 bits per heavy atom. The molecule has 0 spiro atoms. The highest BCUT2D eigenvalue weighted by Crippen LogP contribution is 2.27. The smallest absolute Gasteiger partial charge is 0.250 e. The number of nitrogens with zero attached hydrogens (tertiary/aromatic N) is 1. The van der Waals surface area contributed by atoms with Crippen molar-refractivity contribution in [1.82, 2.24) is 0 Å². The number of nitrogens with one attached hydrogen (secondary N) is 1. The molecule has 0 aliphatic carbocycles. The minimum Gasteiger partial charge on any atom is -0.375 e. The van der Waals surface area contributed by atoms with Crippen molar-refractivity contribution < 1.29 is 14.3 Å². The van der Waals surface area contributed by atoms with Crippen molar-refractivity contribution >= 4 is 23.2 Å². The third kappa shape index (κ3) is 3.24. The van der Waals surface area contributed by atoms with Crippen molar-refractivity contribution in [3.05, 3.63) is 36.9 Å². The zero-order valence-electron chi connectivity index (χ0n) is 11.5. The summed E-state index contributed by atoms with van der Waals surface area (Å²) < 4.78 is 4.76. The molecule has 2 amide bonds. The SMILES string of the molecule is C=CC1CC(=O)N(c2cccc(NC(=O)COC)c2)C1. The minimum absolute atomic E-state index is 0.00537. The number of rotatable bonds is 5. The average Bonchev–Trinajstić information content (AvgIpc) is 2.80. The highest BCUT2D eigenvalue weighted by molar-refractivity contribution is 5.97. The van der Waals surface area contributed by atoms with Gasteiger partial charge in [-0.3, -0.25) is 9.59 Å². The third-order valence-corrected chi connectivity index (χ3v) is 3.21. The van der Waals surface area contributed by atoms with Gasteiger partial charge in [-0.2, -0.15) is 0 Å². The lowest BCUT2D eigenvalue weighted by Gasteiger charge is -2.17. The summed E-state index contributed by atoms with van der Waals surface area (Å²) in [6.07, 6.45) is 2.30. The van der Waals surface area contributed by atoms with Gasteiger partial charge in [-0.25, -0.2) is 0 Å². The second-order valence-corrected chi connectivity index (χ2v) is 4.74. The average molecular weight is 274 g/mol. The molecule has 5 heteroatoms. The van der Waals surface area contributed by atoms with Crippen LogP contribution in [0.1, 0.15) is 6.42 Å². The summed E-state index contributed by atoms with van der Waals surface area (Å²) in [7, 11) is 1.47. The standard InChI is InChI=1S/C15H18N2O3/c1-3-11-7-15(19)17(9-11)13-6-4-5-12(8-13)16-14(18)10-20-2/h3-6,8,11H,1,7,9-10H2,2H3,(H,16,18). The number of hydrogen-bond acceptors (Lipinski definition) is 3. The van der Waals surface area contributed by atoms with Gasteiger partial charge >= 0.3 is 0 Å². The zero-order chi connectivity index (χ0) is 14.5. The quantitative estimate of drug-likeness (QED) is 0.833. The molecule has 20 heavy (non-hydrogen) atoms. The fraction of sp³-hybridized carbons (Fsp3) is 0.333. The largest absolute Gasteiger partial charge is 0.375 e. The van der Waals surface area contributed by atoms with Gasteiger partial charge in [0.25, 0.3) is 0 Å². The van der Waals surface area contributed by atoms with E-state index >= 15 is 0 Å². The molecule has 1 N–H and O–H groups in total. The second-order valence-electron chi connectivity index (χ2n) is 4.74. The van der Waals surface area contributed by atoms with Crippen LogP contribution in [0.2, 0.25) is 0 Å². The van der Waals surface area contributed by atoms with Gasteiger partial charge in [-0.1, -0.05) is 12.1 Å². The summed E-state index contributed by atoms with van der Waals surface area (Å²) in [5, 5.41) is 2.72. The van der Waals surface area contributed by atoms with Crippen LogP contribution in [0.5, 0.6) is 0 Å². The zero-order valence-corrected chi connectivity index (χ0v) is 11.5. The summed E-state index contributed by atoms with van der Waals surface area (Å²) in [5.74, 6) is 0.0471. The Bertz CT molecular complexity index is 528. The van der Waals surface area contributed by atoms with E-state index in [9.17, 15) is 9.59 Å². The molecular weight excluding hydrogens is 256 g/mol. The number of ether oxygens (including phenoxy) is 1. The molecule has 1 fully saturated rings. The van der Waals surface area contributed by atoms with E-state index in [-0.39, 0.29) is 24.3 Å². The summed E-state index contributed by atoms with van der Waals surface area (Å²) in [5.41, 5.74) is 1.44. The van der Waals surface area contributed by atoms with Gasteiger partial charge in [0.1, 0.15) is 6.61 Å². The maximum atomic E-state index is 12.0. The van der Waals surface area contributed by atoms with Gasteiger partial charge < -0.3 is 15.0 Å². The predicted octanol–water partition coefficient (Wildman–Crippen LogP) is 1.81. The van der Waals surface area contributed by atoms with Crippen molar-refractivity contribution in [1.29, 1.82) is 0 Å². The topological polar surface area (TPSA) is 58.6 Å². The van der Waals surface area contributed by atoms with Crippen molar-refractivity contribution in [2.75, 3.05) is 30.5 Å². The van der Waals surface area contributed by atoms with Crippen LogP contribution in [-0.2, 0) is 14.3 Å². The summed E-state index contributed by atoms with van der Waals surface area (Å²) >= 11 is 0. The Kier molecular flexibility index (Phi) is 4.53. The monoisotopic (exact) mass is 274 g/mol. The van der Waals surface area contributed by atoms with E-state index in [4.69, 9.17) is 4.74 Å². The van der Waals surface area contributed by atoms with Crippen molar-refractivity contribution in [3.8, 4) is 0 Å². The Morgan fingerprint density at radius 1 is 1.60 bits per heavy atom. The molecule has 0 saturated carbocycles. The van der Waals surface area contributed by atoms with Crippen LogP contribution < -0.4 is 10.2 Å². The Labute approximate surface area is 118 Å². The van der Waals surface area contributed by atoms with Gasteiger partial charge in [-0.15, -0.1) is 6.58 Å². The molecule has 1 heterocycles. The molecule has 1 unspecified atom stereocenters. The number of benzene rings is 1. The Hall–Kier alpha value is -2.14. The first-order chi connectivity index (χ1) is 9.63. The normalized spacial score (nSPS) is 18.1. The number of methoxy groups -OCH3 is 1. The Morgan fingerprint density at radius 2 is 2.40 bits per heavy atom. The van der Waals surface area contributed by atoms with Crippen LogP contribution in [0.4, 0.5) is 11.4 Å². The number of carbonyl (C=O) groups excluding carboxylic acids is 2. The highest BCUT2D eigenvalue weighted by Gasteiger charge is 2.28. The van der Waals surface area contributed by atoms with Crippen LogP contribution in [0.15, 0.2) is 36.9 Å². The number of hydrogen-bond donors (Lipinski definition) is 1. The van der Waals surface area contributed by atoms with E-state index in [1.54, 1.807) is 17.0 Å². The molecule has 106 valence electrons. The van der Waals surface area contributed by atoms with Crippen LogP contribution in [0, 0.1) is 5.92 Å². The highest BCUT2D eigenvalue weighted by atomic mass is 16.5. The molecule has 1 aromatic carbocycles. The fourth-order valence-corrected chi connectivity index (χ4v) is 2.22. The van der Waals surface area contributed by atoms with Crippen LogP contribution in [-0.4, -0.2) is 32.1 Å². The van der Waals surface area contributed by atoms with E-state index in [0.29, 0.717) is 18.7 Å². The van der Waals surface area contributed by atoms with Crippen LogP contribution >= 0.6 is 0 Å². The first-order valence-corrected chi connectivity index (χ1v) is 6.46. The molecule has 1 aliphatic rings. The van der Waals surface area contributed by atoms with Crippen molar-refractivity contribution in [3.63, 3.8) is 0 Å². The lowest BCUT2D eigenvalue weighted by molar-refractivity contribution is -0.119. The summed E-state index contributed by atoms with van der Waals surface area (Å²) in [4.78, 5) is 25.1.